The lowest BCUT2D eigenvalue weighted by molar-refractivity contribution is -0.150. The molecule has 6 rings (SSSR count). The Bertz CT molecular complexity index is 3530. The van der Waals surface area contributed by atoms with Crippen LogP contribution in [0.2, 0.25) is 0 Å². The summed E-state index contributed by atoms with van der Waals surface area (Å²) in [6.45, 7) is 34.2. The van der Waals surface area contributed by atoms with Gasteiger partial charge in [0.2, 0.25) is 94.5 Å². The quantitative estimate of drug-likeness (QED) is 0.0406. The van der Waals surface area contributed by atoms with Gasteiger partial charge in [-0.15, -0.1) is 0 Å². The van der Waals surface area contributed by atoms with Crippen LogP contribution >= 0.6 is 0 Å². The molecule has 6 fully saturated rings. The van der Waals surface area contributed by atoms with Crippen LogP contribution in [0.4, 0.5) is 0 Å². The van der Waals surface area contributed by atoms with Crippen molar-refractivity contribution in [2.75, 3.05) is 65.4 Å². The van der Waals surface area contributed by atoms with Crippen LogP contribution in [-0.2, 0) is 76.7 Å². The number of carbonyl (C=O) groups excluding carboxylic acids is 16. The molecule has 0 aromatic carbocycles. The van der Waals surface area contributed by atoms with Crippen LogP contribution in [0.1, 0.15) is 247 Å². The van der Waals surface area contributed by atoms with Gasteiger partial charge >= 0.3 is 0 Å². The first-order valence-corrected chi connectivity index (χ1v) is 41.3. The summed E-state index contributed by atoms with van der Waals surface area (Å²) in [4.78, 5) is 229. The maximum Gasteiger partial charge on any atom is 0.248 e. The molecule has 34 nitrogen and oxygen atoms in total. The number of amides is 16. The second kappa shape index (κ2) is 39.9. The van der Waals surface area contributed by atoms with Crippen molar-refractivity contribution in [1.29, 1.82) is 0 Å². The third-order valence-electron chi connectivity index (χ3n) is 22.2. The SMILES string of the molecule is CC(=O)N1CCCC[C@H]1C(=O)NC(C)(C)C(=O)N1CCCCC1C(=O)NC(C)(C)C(=O)NC(C)(C)C(=O)N[C@@H](CC(C)C)C(=O)NCCC(=O)NCC(=O)NC1(C(=O)NC(C)(C)C(=O)N2CCCC[C@H]2C(=O)NC(C)(C)C(=O)NCC(=O)N[C@@H](CC(C)C)C(=O)NC(C)(C)C(=O)N[C@@H](CC(C)C)CN2CCCN3CCCC32)CC1. The van der Waals surface area contributed by atoms with Crippen LogP contribution < -0.4 is 69.1 Å². The van der Waals surface area contributed by atoms with E-state index in [0.29, 0.717) is 57.3 Å². The number of rotatable bonds is 37. The van der Waals surface area contributed by atoms with Crippen molar-refractivity contribution >= 4 is 94.5 Å². The highest BCUT2D eigenvalue weighted by Gasteiger charge is 2.54. The van der Waals surface area contributed by atoms with Crippen molar-refractivity contribution in [1.82, 2.24) is 93.6 Å². The number of nitrogens with one attached hydrogen (secondary N) is 13. The van der Waals surface area contributed by atoms with E-state index in [0.717, 1.165) is 58.2 Å². The number of nitrogens with zero attached hydrogens (tertiary/aromatic N) is 5. The lowest BCUT2D eigenvalue weighted by Crippen LogP contribution is -2.67. The van der Waals surface area contributed by atoms with E-state index >= 15 is 0 Å². The Morgan fingerprint density at radius 2 is 0.842 bits per heavy atom. The van der Waals surface area contributed by atoms with Crippen molar-refractivity contribution < 1.29 is 76.7 Å². The number of hydrogen-bond donors (Lipinski definition) is 13. The fourth-order valence-corrected chi connectivity index (χ4v) is 15.6. The zero-order chi connectivity index (χ0) is 85.4. The van der Waals surface area contributed by atoms with E-state index in [-0.39, 0.29) is 94.3 Å². The maximum absolute atomic E-state index is 14.4. The minimum Gasteiger partial charge on any atom is -0.354 e. The smallest absolute Gasteiger partial charge is 0.248 e. The zero-order valence-electron chi connectivity index (χ0n) is 71.3. The van der Waals surface area contributed by atoms with E-state index in [1.54, 1.807) is 27.7 Å². The summed E-state index contributed by atoms with van der Waals surface area (Å²) in [5.41, 5.74) is -10.8. The molecule has 16 amide bonds. The maximum atomic E-state index is 14.4. The Balaban J connectivity index is 0.927. The van der Waals surface area contributed by atoms with E-state index in [2.05, 4.69) is 92.8 Å². The Morgan fingerprint density at radius 1 is 0.395 bits per heavy atom. The minimum absolute atomic E-state index is 0.0548. The van der Waals surface area contributed by atoms with E-state index in [4.69, 9.17) is 0 Å². The topological polar surface area (TPSA) is 446 Å². The van der Waals surface area contributed by atoms with Gasteiger partial charge in [-0.3, -0.25) is 86.5 Å². The fraction of sp³-hybridized carbons (Fsp3) is 0.800. The first kappa shape index (κ1) is 94.3. The lowest BCUT2D eigenvalue weighted by atomic mass is 9.93. The highest BCUT2D eigenvalue weighted by molar-refractivity contribution is 6.03. The van der Waals surface area contributed by atoms with Gasteiger partial charge in [-0.2, -0.15) is 0 Å². The van der Waals surface area contributed by atoms with E-state index in [1.807, 2.05) is 27.7 Å². The van der Waals surface area contributed by atoms with Crippen molar-refractivity contribution in [3.63, 3.8) is 0 Å². The summed E-state index contributed by atoms with van der Waals surface area (Å²) >= 11 is 0. The monoisotopic (exact) mass is 1610 g/mol. The molecular weight excluding hydrogens is 1470 g/mol. The second-order valence-electron chi connectivity index (χ2n) is 36.7. The van der Waals surface area contributed by atoms with E-state index < -0.39 is 165 Å². The minimum atomic E-state index is -1.66. The lowest BCUT2D eigenvalue weighted by Gasteiger charge is -2.42. The number of hydrogen-bond acceptors (Lipinski definition) is 18. The molecule has 0 aromatic heterocycles. The third kappa shape index (κ3) is 26.5. The van der Waals surface area contributed by atoms with Crippen LogP contribution in [0.3, 0.4) is 0 Å². The van der Waals surface area contributed by atoms with Gasteiger partial charge in [-0.25, -0.2) is 0 Å². The number of fused-ring (bicyclic) bond motifs is 1. The van der Waals surface area contributed by atoms with Gasteiger partial charge in [-0.05, 0) is 217 Å². The number of piperidine rings is 3. The number of carbonyl (C=O) groups is 16. The Hall–Kier alpha value is -8.56. The third-order valence-corrected chi connectivity index (χ3v) is 22.2. The van der Waals surface area contributed by atoms with Gasteiger partial charge in [0.1, 0.15) is 69.0 Å². The Kier molecular flexibility index (Phi) is 33.0. The molecule has 6 aliphatic rings. The molecule has 0 aromatic rings. The molecule has 7 atom stereocenters. The van der Waals surface area contributed by atoms with Gasteiger partial charge in [0.05, 0.1) is 19.3 Å². The normalized spacial score (nSPS) is 20.5. The van der Waals surface area contributed by atoms with Crippen LogP contribution in [0.5, 0.6) is 0 Å². The van der Waals surface area contributed by atoms with Crippen molar-refractivity contribution in [2.24, 2.45) is 17.8 Å². The van der Waals surface area contributed by atoms with Crippen molar-refractivity contribution in [3.8, 4) is 0 Å². The van der Waals surface area contributed by atoms with Gasteiger partial charge < -0.3 is 83.8 Å². The molecule has 5 aliphatic heterocycles. The summed E-state index contributed by atoms with van der Waals surface area (Å²) in [6.07, 6.45) is 9.66. The van der Waals surface area contributed by atoms with Gasteiger partial charge in [0.15, 0.2) is 0 Å². The summed E-state index contributed by atoms with van der Waals surface area (Å²) in [5.74, 6) is -9.49. The first-order valence-electron chi connectivity index (χ1n) is 41.3. The molecule has 0 spiro atoms. The molecular formula is C80H136N18O16. The van der Waals surface area contributed by atoms with Crippen molar-refractivity contribution in [3.05, 3.63) is 0 Å². The standard InChI is InChI=1S/C80H136N18O16/c1-48(2)42-52(47-95-38-27-37-94-36-26-31-61(94)95)84-68(109)75(10,11)88-63(104)54(44-50(5)6)85-59(101)45-83-67(108)74(8,9)89-65(106)56-29-22-25-41-98(56)73(114)79(18,19)93-71(112)80(33-34-80)87-60(102)46-82-58(100)32-35-81-62(103)53(43-49(3)4)86-69(110)76(12,13)92-70(111)77(14,15)90-66(107)57-30-21-24-40-97(57)72(113)78(16,17)91-64(105)55-28-20-23-39-96(55)51(7)99/h48-50,52-57,61H,20-47H2,1-19H3,(H,81,103)(H,82,100)(H,83,108)(H,84,109)(H,85,101)(H,86,110)(H,87,102)(H,88,104)(H,89,106)(H,90,107)(H,91,105)(H,92,111)(H,93,112)/t52-,53-,54-,55-,56-,57?,61?/m0/s1. The van der Waals surface area contributed by atoms with E-state index in [1.165, 1.54) is 77.0 Å². The molecule has 5 saturated heterocycles. The highest BCUT2D eigenvalue weighted by Crippen LogP contribution is 2.37. The molecule has 1 aliphatic carbocycles. The van der Waals surface area contributed by atoms with Crippen LogP contribution in [0, 0.1) is 17.8 Å². The average Bonchev–Trinajstić information content (AvgIpc) is 1.56. The fourth-order valence-electron chi connectivity index (χ4n) is 15.6. The predicted octanol–water partition coefficient (Wildman–Crippen LogP) is 0.626. The summed E-state index contributed by atoms with van der Waals surface area (Å²) in [5, 5.41) is 35.6. The summed E-state index contributed by atoms with van der Waals surface area (Å²) in [7, 11) is 0. The molecule has 5 heterocycles. The van der Waals surface area contributed by atoms with Crippen LogP contribution in [-0.4, -0.2) is 266 Å². The molecule has 0 radical (unpaired) electrons. The first-order chi connectivity index (χ1) is 52.9. The van der Waals surface area contributed by atoms with E-state index in [9.17, 15) is 76.7 Å². The molecule has 2 unspecified atom stereocenters. The zero-order valence-corrected chi connectivity index (χ0v) is 71.3. The molecule has 1 saturated carbocycles. The van der Waals surface area contributed by atoms with Crippen molar-refractivity contribution in [2.45, 2.75) is 328 Å². The second-order valence-corrected chi connectivity index (χ2v) is 36.7. The van der Waals surface area contributed by atoms with Crippen LogP contribution in [0.15, 0.2) is 0 Å². The van der Waals surface area contributed by atoms with Gasteiger partial charge in [-0.1, -0.05) is 41.5 Å². The average molecular weight is 1610 g/mol. The molecule has 34 heteroatoms. The largest absolute Gasteiger partial charge is 0.354 e. The summed E-state index contributed by atoms with van der Waals surface area (Å²) < 4.78 is 0. The Morgan fingerprint density at radius 3 is 1.36 bits per heavy atom. The highest BCUT2D eigenvalue weighted by atomic mass is 16.2. The molecule has 114 heavy (non-hydrogen) atoms. The van der Waals surface area contributed by atoms with Gasteiger partial charge in [0, 0.05) is 65.2 Å². The summed E-state index contributed by atoms with van der Waals surface area (Å²) in [6, 6.07) is -5.14. The predicted molar refractivity (Wildman–Crippen MR) is 426 cm³/mol. The molecule has 642 valence electrons. The van der Waals surface area contributed by atoms with Gasteiger partial charge in [0.25, 0.3) is 0 Å². The molecule has 0 bridgehead atoms. The van der Waals surface area contributed by atoms with Crippen LogP contribution in [0.25, 0.3) is 0 Å². The Labute approximate surface area is 673 Å². The number of likely N-dealkylation sites (tertiary alicyclic amines) is 3. The molecule has 13 N–H and O–H groups in total.